The molecule has 0 spiro atoms. The second-order valence-electron chi connectivity index (χ2n) is 6.80. The predicted molar refractivity (Wildman–Crippen MR) is 97.5 cm³/mol. The minimum atomic E-state index is -2.39. The molecular weight excluding hydrogens is 373 g/mol. The lowest BCUT2D eigenvalue weighted by Crippen LogP contribution is -2.46. The Morgan fingerprint density at radius 2 is 1.96 bits per heavy atom. The van der Waals surface area contributed by atoms with Crippen LogP contribution in [-0.2, 0) is 0 Å². The zero-order valence-corrected chi connectivity index (χ0v) is 15.4. The highest BCUT2D eigenvalue weighted by Crippen LogP contribution is 2.14. The van der Waals surface area contributed by atoms with E-state index >= 15 is 0 Å². The summed E-state index contributed by atoms with van der Waals surface area (Å²) in [6.45, 7) is 2.20. The van der Waals surface area contributed by atoms with Crippen LogP contribution in [0.3, 0.4) is 0 Å². The summed E-state index contributed by atoms with van der Waals surface area (Å²) in [6, 6.07) is 6.93. The fourth-order valence-corrected chi connectivity index (χ4v) is 3.28. The van der Waals surface area contributed by atoms with Crippen molar-refractivity contribution in [3.05, 3.63) is 57.8 Å². The lowest BCUT2D eigenvalue weighted by atomic mass is 10.0. The van der Waals surface area contributed by atoms with Gasteiger partial charge in [0, 0.05) is 30.9 Å². The average molecular weight is 394 g/mol. The highest BCUT2D eigenvalue weighted by Gasteiger charge is 2.24. The topological polar surface area (TPSA) is 67.2 Å². The van der Waals surface area contributed by atoms with Crippen molar-refractivity contribution in [2.75, 3.05) is 19.6 Å². The van der Waals surface area contributed by atoms with Crippen LogP contribution in [0, 0.1) is 12.7 Å². The van der Waals surface area contributed by atoms with Crippen LogP contribution in [0.5, 0.6) is 0 Å². The van der Waals surface area contributed by atoms with Crippen molar-refractivity contribution in [2.45, 2.75) is 32.2 Å². The summed E-state index contributed by atoms with van der Waals surface area (Å²) in [4.78, 5) is 26.4. The summed E-state index contributed by atoms with van der Waals surface area (Å²) in [5.74, 6) is -1.18. The highest BCUT2D eigenvalue weighted by molar-refractivity contribution is 5.92. The van der Waals surface area contributed by atoms with E-state index in [0.717, 1.165) is 0 Å². The van der Waals surface area contributed by atoms with E-state index in [9.17, 15) is 22.8 Å². The number of piperidine rings is 1. The number of aryl methyl sites for hydroxylation is 1. The molecule has 28 heavy (non-hydrogen) atoms. The number of carbonyl (C=O) groups is 1. The number of nitrogens with one attached hydrogen (secondary N) is 1. The van der Waals surface area contributed by atoms with Crippen molar-refractivity contribution >= 4 is 5.91 Å². The SMILES string of the molecule is Cc1cc(=O)c(C(=O)NC2CCN(CC(F)F)CC2)nn1-c1ccccc1F. The van der Waals surface area contributed by atoms with Gasteiger partial charge in [0.1, 0.15) is 11.5 Å². The molecule has 1 aliphatic rings. The van der Waals surface area contributed by atoms with Crippen LogP contribution in [0.15, 0.2) is 35.1 Å². The Morgan fingerprint density at radius 3 is 2.61 bits per heavy atom. The van der Waals surface area contributed by atoms with Crippen LogP contribution in [0.25, 0.3) is 5.69 Å². The second-order valence-corrected chi connectivity index (χ2v) is 6.80. The number of halogens is 3. The fourth-order valence-electron chi connectivity index (χ4n) is 3.28. The van der Waals surface area contributed by atoms with E-state index in [0.29, 0.717) is 31.6 Å². The summed E-state index contributed by atoms with van der Waals surface area (Å²) in [7, 11) is 0. The standard InChI is InChI=1S/C19H21F3N4O2/c1-12-10-16(27)18(24-26(12)15-5-3-2-4-14(15)20)19(28)23-13-6-8-25(9-7-13)11-17(21)22/h2-5,10,13,17H,6-9,11H2,1H3,(H,23,28). The number of hydrogen-bond acceptors (Lipinski definition) is 4. The molecular formula is C19H21F3N4O2. The second kappa shape index (κ2) is 8.55. The van der Waals surface area contributed by atoms with Gasteiger partial charge in [-0.2, -0.15) is 5.10 Å². The van der Waals surface area contributed by atoms with Crippen LogP contribution < -0.4 is 10.7 Å². The summed E-state index contributed by atoms with van der Waals surface area (Å²) < 4.78 is 40.2. The van der Waals surface area contributed by atoms with Gasteiger partial charge in [0.25, 0.3) is 12.3 Å². The summed E-state index contributed by atoms with van der Waals surface area (Å²) in [5.41, 5.74) is -0.358. The van der Waals surface area contributed by atoms with Gasteiger partial charge in [0.15, 0.2) is 5.69 Å². The molecule has 2 heterocycles. The van der Waals surface area contributed by atoms with Crippen LogP contribution in [-0.4, -0.2) is 52.7 Å². The van der Waals surface area contributed by atoms with Crippen LogP contribution in [0.4, 0.5) is 13.2 Å². The number of hydrogen-bond donors (Lipinski definition) is 1. The van der Waals surface area contributed by atoms with Gasteiger partial charge in [-0.1, -0.05) is 12.1 Å². The van der Waals surface area contributed by atoms with Gasteiger partial charge in [-0.05, 0) is 31.9 Å². The van der Waals surface area contributed by atoms with Gasteiger partial charge < -0.3 is 5.32 Å². The molecule has 1 aromatic heterocycles. The van der Waals surface area contributed by atoms with Crippen molar-refractivity contribution < 1.29 is 18.0 Å². The van der Waals surface area contributed by atoms with E-state index in [-0.39, 0.29) is 24.0 Å². The van der Waals surface area contributed by atoms with E-state index in [2.05, 4.69) is 10.4 Å². The Morgan fingerprint density at radius 1 is 1.29 bits per heavy atom. The van der Waals surface area contributed by atoms with E-state index in [1.165, 1.54) is 28.9 Å². The molecule has 2 aromatic rings. The molecule has 0 saturated carbocycles. The third kappa shape index (κ3) is 4.59. The zero-order valence-electron chi connectivity index (χ0n) is 15.4. The van der Waals surface area contributed by atoms with Crippen LogP contribution in [0.2, 0.25) is 0 Å². The maximum absolute atomic E-state index is 14.1. The number of likely N-dealkylation sites (tertiary alicyclic amines) is 1. The number of carbonyl (C=O) groups excluding carboxylic acids is 1. The highest BCUT2D eigenvalue weighted by atomic mass is 19.3. The quantitative estimate of drug-likeness (QED) is 0.844. The third-order valence-electron chi connectivity index (χ3n) is 4.72. The Kier molecular flexibility index (Phi) is 6.13. The fraction of sp³-hybridized carbons (Fsp3) is 0.421. The number of aromatic nitrogens is 2. The molecule has 1 aromatic carbocycles. The molecule has 6 nitrogen and oxygen atoms in total. The number of rotatable bonds is 5. The minimum Gasteiger partial charge on any atom is -0.348 e. The Bertz CT molecular complexity index is 908. The normalized spacial score (nSPS) is 15.8. The molecule has 1 N–H and O–H groups in total. The van der Waals surface area contributed by atoms with E-state index in [1.807, 2.05) is 0 Å². The molecule has 1 amide bonds. The Hall–Kier alpha value is -2.68. The van der Waals surface area contributed by atoms with Gasteiger partial charge in [0.05, 0.1) is 6.54 Å². The van der Waals surface area contributed by atoms with Crippen molar-refractivity contribution in [1.82, 2.24) is 20.0 Å². The van der Waals surface area contributed by atoms with Crippen molar-refractivity contribution in [1.29, 1.82) is 0 Å². The van der Waals surface area contributed by atoms with Crippen molar-refractivity contribution in [3.8, 4) is 5.69 Å². The Balaban J connectivity index is 1.75. The molecule has 1 aliphatic heterocycles. The monoisotopic (exact) mass is 394 g/mol. The molecule has 9 heteroatoms. The molecule has 0 aliphatic carbocycles. The number of benzene rings is 1. The smallest absolute Gasteiger partial charge is 0.276 e. The Labute approximate surface area is 160 Å². The summed E-state index contributed by atoms with van der Waals surface area (Å²) in [5, 5.41) is 6.81. The lowest BCUT2D eigenvalue weighted by Gasteiger charge is -2.31. The van der Waals surface area contributed by atoms with Crippen molar-refractivity contribution in [2.24, 2.45) is 0 Å². The van der Waals surface area contributed by atoms with Crippen molar-refractivity contribution in [3.63, 3.8) is 0 Å². The van der Waals surface area contributed by atoms with E-state index < -0.39 is 23.6 Å². The first-order valence-electron chi connectivity index (χ1n) is 9.02. The number of nitrogens with zero attached hydrogens (tertiary/aromatic N) is 3. The molecule has 0 unspecified atom stereocenters. The minimum absolute atomic E-state index is 0.134. The van der Waals surface area contributed by atoms with Gasteiger partial charge in [-0.3, -0.25) is 14.5 Å². The molecule has 150 valence electrons. The third-order valence-corrected chi connectivity index (χ3v) is 4.72. The predicted octanol–water partition coefficient (Wildman–Crippen LogP) is 2.14. The number of alkyl halides is 2. The summed E-state index contributed by atoms with van der Waals surface area (Å²) in [6.07, 6.45) is -1.38. The zero-order chi connectivity index (χ0) is 20.3. The van der Waals surface area contributed by atoms with Gasteiger partial charge in [-0.15, -0.1) is 0 Å². The number of amides is 1. The van der Waals surface area contributed by atoms with E-state index in [1.54, 1.807) is 17.9 Å². The maximum atomic E-state index is 14.1. The maximum Gasteiger partial charge on any atom is 0.276 e. The van der Waals surface area contributed by atoms with Crippen LogP contribution in [0.1, 0.15) is 29.0 Å². The average Bonchev–Trinajstić information content (AvgIpc) is 2.64. The van der Waals surface area contributed by atoms with Crippen LogP contribution >= 0.6 is 0 Å². The first-order chi connectivity index (χ1) is 13.3. The first-order valence-corrected chi connectivity index (χ1v) is 9.02. The molecule has 1 fully saturated rings. The van der Waals surface area contributed by atoms with Gasteiger partial charge in [0.2, 0.25) is 5.43 Å². The molecule has 3 rings (SSSR count). The first kappa shape index (κ1) is 20.1. The molecule has 0 bridgehead atoms. The summed E-state index contributed by atoms with van der Waals surface area (Å²) >= 11 is 0. The van der Waals surface area contributed by atoms with Gasteiger partial charge in [-0.25, -0.2) is 17.9 Å². The van der Waals surface area contributed by atoms with E-state index in [4.69, 9.17) is 0 Å². The largest absolute Gasteiger partial charge is 0.348 e. The van der Waals surface area contributed by atoms with Gasteiger partial charge >= 0.3 is 0 Å². The number of para-hydroxylation sites is 1. The lowest BCUT2D eigenvalue weighted by molar-refractivity contribution is 0.0694. The molecule has 0 atom stereocenters. The molecule has 0 radical (unpaired) electrons. The molecule has 1 saturated heterocycles.